The van der Waals surface area contributed by atoms with Crippen LogP contribution in [0.2, 0.25) is 0 Å². The third-order valence-corrected chi connectivity index (χ3v) is 0.129. The molecule has 0 saturated heterocycles. The molecule has 0 aromatic heterocycles. The summed E-state index contributed by atoms with van der Waals surface area (Å²) in [4.78, 5) is 0. The van der Waals surface area contributed by atoms with Gasteiger partial charge in [-0.25, -0.2) is 0 Å². The first kappa shape index (κ1) is 9.67. The van der Waals surface area contributed by atoms with E-state index in [-0.39, 0.29) is 6.61 Å². The highest BCUT2D eigenvalue weighted by Gasteiger charge is 1.56. The summed E-state index contributed by atoms with van der Waals surface area (Å²) in [6.07, 6.45) is 0. The molecule has 7 heavy (non-hydrogen) atoms. The van der Waals surface area contributed by atoms with Crippen LogP contribution in [0, 0.1) is 0 Å². The maximum atomic E-state index is 7.75. The first-order valence-electron chi connectivity index (χ1n) is 1.93. The summed E-state index contributed by atoms with van der Waals surface area (Å²) in [5.41, 5.74) is 7.03. The summed E-state index contributed by atoms with van der Waals surface area (Å²) in [6.45, 7) is 6.72. The van der Waals surface area contributed by atoms with E-state index >= 15 is 0 Å². The highest BCUT2D eigenvalue weighted by atomic mass is 16.3. The molecule has 42 valence electrons. The van der Waals surface area contributed by atoms with E-state index in [9.17, 15) is 0 Å². The van der Waals surface area contributed by atoms with Crippen LogP contribution in [0.4, 0.5) is 0 Å². The zero-order chi connectivity index (χ0) is 6.12. The van der Waals surface area contributed by atoms with Gasteiger partial charge in [0, 0.05) is 6.54 Å². The second kappa shape index (κ2) is 18.0. The fraction of sp³-hybridized carbons (Fsp3) is 0.400. The Labute approximate surface area is 44.0 Å². The molecule has 0 saturated carbocycles. The van der Waals surface area contributed by atoms with Crippen molar-refractivity contribution in [3.63, 3.8) is 0 Å². The van der Waals surface area contributed by atoms with Crippen molar-refractivity contribution in [2.24, 2.45) is 5.73 Å². The maximum absolute atomic E-state index is 7.75. The van der Waals surface area contributed by atoms with Gasteiger partial charge in [-0.3, -0.25) is 0 Å². The van der Waals surface area contributed by atoms with Gasteiger partial charge in [0.05, 0.1) is 6.61 Å². The third-order valence-electron chi connectivity index (χ3n) is 0.129. The van der Waals surface area contributed by atoms with Gasteiger partial charge in [-0.2, -0.15) is 0 Å². The molecule has 0 rings (SSSR count). The van der Waals surface area contributed by atoms with Gasteiger partial charge in [-0.1, -0.05) is 13.2 Å². The van der Waals surface area contributed by atoms with Crippen LogP contribution >= 0.6 is 0 Å². The summed E-state index contributed by atoms with van der Waals surface area (Å²) in [7, 11) is 0. The van der Waals surface area contributed by atoms with Crippen LogP contribution in [-0.4, -0.2) is 18.3 Å². The minimum absolute atomic E-state index is 0.0972. The van der Waals surface area contributed by atoms with Crippen molar-refractivity contribution in [1.82, 2.24) is 0 Å². The van der Waals surface area contributed by atoms with Crippen molar-refractivity contribution in [3.8, 4) is 0 Å². The van der Waals surface area contributed by atoms with Crippen molar-refractivity contribution in [2.45, 2.75) is 0 Å². The molecule has 2 heteroatoms. The van der Waals surface area contributed by atoms with Crippen molar-refractivity contribution >= 4 is 0 Å². The molecule has 0 radical (unpaired) electrons. The van der Waals surface area contributed by atoms with Crippen LogP contribution in [0.5, 0.6) is 0 Å². The summed E-state index contributed by atoms with van der Waals surface area (Å²) < 4.78 is 0. The Balaban J connectivity index is 0. The summed E-state index contributed by atoms with van der Waals surface area (Å²) >= 11 is 0. The molecule has 0 aromatic rings. The standard InChI is InChI=1S/C3H4.C2H7NO/c1-3-2;3-1-2-4/h1-2H2;4H,1-3H2. The van der Waals surface area contributed by atoms with Crippen molar-refractivity contribution in [2.75, 3.05) is 13.2 Å². The van der Waals surface area contributed by atoms with Crippen molar-refractivity contribution < 1.29 is 5.11 Å². The van der Waals surface area contributed by atoms with E-state index in [1.807, 2.05) is 0 Å². The molecule has 0 fully saturated rings. The van der Waals surface area contributed by atoms with Gasteiger partial charge >= 0.3 is 0 Å². The quantitative estimate of drug-likeness (QED) is 0.453. The number of hydrogen-bond donors (Lipinski definition) is 2. The van der Waals surface area contributed by atoms with E-state index in [0.717, 1.165) is 0 Å². The van der Waals surface area contributed by atoms with E-state index in [2.05, 4.69) is 18.9 Å². The van der Waals surface area contributed by atoms with E-state index in [4.69, 9.17) is 10.8 Å². The average molecular weight is 101 g/mol. The van der Waals surface area contributed by atoms with Crippen LogP contribution in [0.3, 0.4) is 0 Å². The van der Waals surface area contributed by atoms with Crippen LogP contribution in [0.15, 0.2) is 18.9 Å². The van der Waals surface area contributed by atoms with Gasteiger partial charge in [-0.05, 0) is 0 Å². The van der Waals surface area contributed by atoms with E-state index in [1.165, 1.54) is 0 Å². The van der Waals surface area contributed by atoms with Gasteiger partial charge < -0.3 is 10.8 Å². The number of aliphatic hydroxyl groups is 1. The molecule has 0 spiro atoms. The SMILES string of the molecule is C=C=C.NCCO. The Morgan fingerprint density at radius 2 is 1.71 bits per heavy atom. The Bertz CT molecular complexity index is 44.0. The van der Waals surface area contributed by atoms with Crippen molar-refractivity contribution in [1.29, 1.82) is 0 Å². The average Bonchev–Trinajstić information content (AvgIpc) is 1.69. The second-order valence-corrected chi connectivity index (χ2v) is 0.762. The van der Waals surface area contributed by atoms with Gasteiger partial charge in [-0.15, -0.1) is 5.73 Å². The molecular formula is C5H11NO. The van der Waals surface area contributed by atoms with Crippen LogP contribution in [-0.2, 0) is 0 Å². The second-order valence-electron chi connectivity index (χ2n) is 0.762. The zero-order valence-electron chi connectivity index (χ0n) is 4.35. The molecule has 0 bridgehead atoms. The molecule has 0 aliphatic rings. The molecule has 2 nitrogen and oxygen atoms in total. The Morgan fingerprint density at radius 1 is 1.57 bits per heavy atom. The Hall–Kier alpha value is -0.560. The van der Waals surface area contributed by atoms with Gasteiger partial charge in [0.1, 0.15) is 0 Å². The fourth-order valence-corrected chi connectivity index (χ4v) is 0. The fourth-order valence-electron chi connectivity index (χ4n) is 0. The largest absolute Gasteiger partial charge is 0.395 e. The minimum Gasteiger partial charge on any atom is -0.395 e. The predicted molar refractivity (Wildman–Crippen MR) is 30.9 cm³/mol. The number of hydrogen-bond acceptors (Lipinski definition) is 2. The summed E-state index contributed by atoms with van der Waals surface area (Å²) in [5, 5.41) is 7.75. The lowest BCUT2D eigenvalue weighted by Crippen LogP contribution is -2.02. The zero-order valence-corrected chi connectivity index (χ0v) is 4.35. The molecule has 0 unspecified atom stereocenters. The molecule has 0 aromatic carbocycles. The third kappa shape index (κ3) is 333. The lowest BCUT2D eigenvalue weighted by molar-refractivity contribution is 0.306. The molecular weight excluding hydrogens is 90.1 g/mol. The number of nitrogens with two attached hydrogens (primary N) is 1. The van der Waals surface area contributed by atoms with Gasteiger partial charge in [0.15, 0.2) is 0 Å². The number of rotatable bonds is 1. The van der Waals surface area contributed by atoms with E-state index in [0.29, 0.717) is 6.54 Å². The summed E-state index contributed by atoms with van der Waals surface area (Å²) in [6, 6.07) is 0. The molecule has 0 amide bonds. The minimum atomic E-state index is 0.0972. The monoisotopic (exact) mass is 101 g/mol. The number of aliphatic hydroxyl groups excluding tert-OH is 1. The molecule has 0 aliphatic heterocycles. The van der Waals surface area contributed by atoms with Crippen LogP contribution in [0.1, 0.15) is 0 Å². The van der Waals surface area contributed by atoms with Crippen LogP contribution < -0.4 is 5.73 Å². The van der Waals surface area contributed by atoms with Crippen molar-refractivity contribution in [3.05, 3.63) is 18.9 Å². The molecule has 3 N–H and O–H groups in total. The molecule has 0 heterocycles. The first-order valence-corrected chi connectivity index (χ1v) is 1.93. The molecule has 0 atom stereocenters. The lowest BCUT2D eigenvalue weighted by Gasteiger charge is -1.71. The Kier molecular flexibility index (Phi) is 24.9. The van der Waals surface area contributed by atoms with Gasteiger partial charge in [0.2, 0.25) is 0 Å². The normalized spacial score (nSPS) is 5.43. The summed E-state index contributed by atoms with van der Waals surface area (Å²) in [5.74, 6) is 0. The molecule has 0 aliphatic carbocycles. The highest BCUT2D eigenvalue weighted by molar-refractivity contribution is 4.51. The lowest BCUT2D eigenvalue weighted by atomic mass is 10.8. The predicted octanol–water partition coefficient (Wildman–Crippen LogP) is -0.105. The topological polar surface area (TPSA) is 46.2 Å². The van der Waals surface area contributed by atoms with Crippen LogP contribution in [0.25, 0.3) is 0 Å². The highest BCUT2D eigenvalue weighted by Crippen LogP contribution is 1.33. The Morgan fingerprint density at radius 3 is 1.71 bits per heavy atom. The van der Waals surface area contributed by atoms with E-state index < -0.39 is 0 Å². The smallest absolute Gasteiger partial charge is 0.0553 e. The maximum Gasteiger partial charge on any atom is 0.0553 e. The first-order chi connectivity index (χ1) is 3.33. The van der Waals surface area contributed by atoms with E-state index in [1.54, 1.807) is 0 Å². The van der Waals surface area contributed by atoms with Gasteiger partial charge in [0.25, 0.3) is 0 Å².